The van der Waals surface area contributed by atoms with Crippen molar-refractivity contribution < 1.29 is 28.5 Å². The molecule has 0 aromatic rings. The standard InChI is InChI=1S/C12H20O6/c1-4-16-11(14)5-9(13)6-15-7-10-8-17-12(2,3)18-10/h10H,4-8H2,1-3H3/t10-/m0/s1. The fourth-order valence-corrected chi connectivity index (χ4v) is 1.57. The molecule has 0 saturated carbocycles. The van der Waals surface area contributed by atoms with Crippen molar-refractivity contribution in [3.8, 4) is 0 Å². The zero-order valence-electron chi connectivity index (χ0n) is 11.1. The first-order valence-corrected chi connectivity index (χ1v) is 6.00. The Balaban J connectivity index is 2.11. The van der Waals surface area contributed by atoms with Gasteiger partial charge in [0, 0.05) is 0 Å². The highest BCUT2D eigenvalue weighted by Crippen LogP contribution is 2.22. The maximum Gasteiger partial charge on any atom is 0.313 e. The number of Topliss-reactive ketones (excluding diaryl/α,β-unsaturated/α-hetero) is 1. The summed E-state index contributed by atoms with van der Waals surface area (Å²) in [5.74, 6) is -1.41. The fourth-order valence-electron chi connectivity index (χ4n) is 1.57. The summed E-state index contributed by atoms with van der Waals surface area (Å²) >= 11 is 0. The Morgan fingerprint density at radius 1 is 1.39 bits per heavy atom. The van der Waals surface area contributed by atoms with Crippen molar-refractivity contribution in [2.75, 3.05) is 26.4 Å². The lowest BCUT2D eigenvalue weighted by atomic mass is 10.3. The first-order valence-electron chi connectivity index (χ1n) is 6.00. The molecule has 1 fully saturated rings. The topological polar surface area (TPSA) is 71.1 Å². The summed E-state index contributed by atoms with van der Waals surface area (Å²) in [6, 6.07) is 0. The number of carbonyl (C=O) groups excluding carboxylic acids is 2. The Hall–Kier alpha value is -0.980. The second kappa shape index (κ2) is 6.82. The highest BCUT2D eigenvalue weighted by Gasteiger charge is 2.32. The van der Waals surface area contributed by atoms with Crippen LogP contribution < -0.4 is 0 Å². The van der Waals surface area contributed by atoms with Crippen molar-refractivity contribution in [2.45, 2.75) is 39.1 Å². The molecule has 6 heteroatoms. The van der Waals surface area contributed by atoms with Crippen LogP contribution in [-0.4, -0.2) is 50.1 Å². The molecule has 1 saturated heterocycles. The third kappa shape index (κ3) is 5.57. The zero-order chi connectivity index (χ0) is 13.6. The van der Waals surface area contributed by atoms with Gasteiger partial charge in [-0.15, -0.1) is 0 Å². The van der Waals surface area contributed by atoms with Crippen LogP contribution in [0.15, 0.2) is 0 Å². The molecule has 0 aliphatic carbocycles. The molecule has 0 bridgehead atoms. The first-order chi connectivity index (χ1) is 8.43. The minimum Gasteiger partial charge on any atom is -0.466 e. The molecule has 1 atom stereocenters. The van der Waals surface area contributed by atoms with Crippen molar-refractivity contribution in [1.82, 2.24) is 0 Å². The largest absolute Gasteiger partial charge is 0.466 e. The van der Waals surface area contributed by atoms with Gasteiger partial charge in [0.2, 0.25) is 0 Å². The van der Waals surface area contributed by atoms with Crippen molar-refractivity contribution in [1.29, 1.82) is 0 Å². The smallest absolute Gasteiger partial charge is 0.313 e. The number of carbonyl (C=O) groups is 2. The van der Waals surface area contributed by atoms with Crippen LogP contribution in [0.25, 0.3) is 0 Å². The second-order valence-corrected chi connectivity index (χ2v) is 4.49. The van der Waals surface area contributed by atoms with Crippen molar-refractivity contribution in [3.05, 3.63) is 0 Å². The predicted molar refractivity (Wildman–Crippen MR) is 62.0 cm³/mol. The van der Waals surface area contributed by atoms with Gasteiger partial charge in [-0.05, 0) is 20.8 Å². The van der Waals surface area contributed by atoms with E-state index in [-0.39, 0.29) is 38.1 Å². The molecule has 0 unspecified atom stereocenters. The fraction of sp³-hybridized carbons (Fsp3) is 0.833. The molecule has 18 heavy (non-hydrogen) atoms. The van der Waals surface area contributed by atoms with Crippen LogP contribution in [0.5, 0.6) is 0 Å². The van der Waals surface area contributed by atoms with E-state index in [4.69, 9.17) is 14.2 Å². The SMILES string of the molecule is CCOC(=O)CC(=O)COC[C@H]1COC(C)(C)O1. The van der Waals surface area contributed by atoms with Gasteiger partial charge in [-0.25, -0.2) is 0 Å². The van der Waals surface area contributed by atoms with E-state index in [9.17, 15) is 9.59 Å². The minimum absolute atomic E-state index is 0.112. The third-order valence-electron chi connectivity index (χ3n) is 2.28. The maximum atomic E-state index is 11.3. The van der Waals surface area contributed by atoms with Gasteiger partial charge in [-0.2, -0.15) is 0 Å². The minimum atomic E-state index is -0.594. The van der Waals surface area contributed by atoms with E-state index in [1.807, 2.05) is 13.8 Å². The summed E-state index contributed by atoms with van der Waals surface area (Å²) in [5.41, 5.74) is 0. The molecular weight excluding hydrogens is 240 g/mol. The van der Waals surface area contributed by atoms with E-state index in [0.29, 0.717) is 6.61 Å². The normalized spacial score (nSPS) is 21.8. The Bertz CT molecular complexity index is 299. The van der Waals surface area contributed by atoms with Gasteiger partial charge in [0.05, 0.1) is 19.8 Å². The van der Waals surface area contributed by atoms with Crippen LogP contribution in [0, 0.1) is 0 Å². The summed E-state index contributed by atoms with van der Waals surface area (Å²) in [6.07, 6.45) is -0.420. The molecule has 0 amide bonds. The van der Waals surface area contributed by atoms with Crippen molar-refractivity contribution in [3.63, 3.8) is 0 Å². The van der Waals surface area contributed by atoms with Crippen LogP contribution >= 0.6 is 0 Å². The number of ketones is 1. The molecule has 6 nitrogen and oxygen atoms in total. The summed E-state index contributed by atoms with van der Waals surface area (Å²) in [6.45, 7) is 6.21. The first kappa shape index (κ1) is 15.1. The van der Waals surface area contributed by atoms with Crippen LogP contribution in [0.1, 0.15) is 27.2 Å². The highest BCUT2D eigenvalue weighted by atomic mass is 16.7. The maximum absolute atomic E-state index is 11.3. The lowest BCUT2D eigenvalue weighted by Crippen LogP contribution is -2.25. The van der Waals surface area contributed by atoms with Gasteiger partial charge >= 0.3 is 5.97 Å². The quantitative estimate of drug-likeness (QED) is 0.495. The Morgan fingerprint density at radius 3 is 2.67 bits per heavy atom. The monoisotopic (exact) mass is 260 g/mol. The van der Waals surface area contributed by atoms with E-state index < -0.39 is 11.8 Å². The summed E-state index contributed by atoms with van der Waals surface area (Å²) in [5, 5.41) is 0. The molecule has 0 aromatic heterocycles. The number of ether oxygens (including phenoxy) is 4. The van der Waals surface area contributed by atoms with Crippen molar-refractivity contribution in [2.24, 2.45) is 0 Å². The lowest BCUT2D eigenvalue weighted by Gasteiger charge is -2.16. The van der Waals surface area contributed by atoms with E-state index in [1.54, 1.807) is 6.92 Å². The molecule has 1 heterocycles. The van der Waals surface area contributed by atoms with Crippen LogP contribution in [-0.2, 0) is 28.5 Å². The third-order valence-corrected chi connectivity index (χ3v) is 2.28. The summed E-state index contributed by atoms with van der Waals surface area (Å²) < 4.78 is 20.7. The molecule has 1 aliphatic heterocycles. The van der Waals surface area contributed by atoms with E-state index in [1.165, 1.54) is 0 Å². The Labute approximate surface area is 107 Å². The van der Waals surface area contributed by atoms with Crippen LogP contribution in [0.2, 0.25) is 0 Å². The number of hydrogen-bond acceptors (Lipinski definition) is 6. The zero-order valence-corrected chi connectivity index (χ0v) is 11.1. The molecule has 0 N–H and O–H groups in total. The Morgan fingerprint density at radius 2 is 2.11 bits per heavy atom. The van der Waals surface area contributed by atoms with Crippen LogP contribution in [0.4, 0.5) is 0 Å². The molecular formula is C12H20O6. The van der Waals surface area contributed by atoms with Gasteiger partial charge in [-0.1, -0.05) is 0 Å². The lowest BCUT2D eigenvalue weighted by molar-refractivity contribution is -0.149. The average molecular weight is 260 g/mol. The summed E-state index contributed by atoms with van der Waals surface area (Å²) in [7, 11) is 0. The van der Waals surface area contributed by atoms with Gasteiger partial charge in [-0.3, -0.25) is 9.59 Å². The predicted octanol–water partition coefficient (Wildman–Crippen LogP) is 0.677. The van der Waals surface area contributed by atoms with E-state index >= 15 is 0 Å². The molecule has 0 radical (unpaired) electrons. The molecule has 1 rings (SSSR count). The van der Waals surface area contributed by atoms with E-state index in [0.717, 1.165) is 0 Å². The molecule has 0 aromatic carbocycles. The number of hydrogen-bond donors (Lipinski definition) is 0. The molecule has 0 spiro atoms. The van der Waals surface area contributed by atoms with Gasteiger partial charge in [0.25, 0.3) is 0 Å². The average Bonchev–Trinajstić information content (AvgIpc) is 2.58. The summed E-state index contributed by atoms with van der Waals surface area (Å²) in [4.78, 5) is 22.3. The molecule has 104 valence electrons. The van der Waals surface area contributed by atoms with Gasteiger partial charge in [0.15, 0.2) is 11.6 Å². The Kier molecular flexibility index (Phi) is 5.71. The van der Waals surface area contributed by atoms with E-state index in [2.05, 4.69) is 4.74 Å². The highest BCUT2D eigenvalue weighted by molar-refractivity contribution is 5.96. The molecule has 1 aliphatic rings. The number of esters is 1. The number of rotatable bonds is 7. The van der Waals surface area contributed by atoms with Crippen LogP contribution in [0.3, 0.4) is 0 Å². The van der Waals surface area contributed by atoms with Gasteiger partial charge in [0.1, 0.15) is 19.1 Å². The van der Waals surface area contributed by atoms with Gasteiger partial charge < -0.3 is 18.9 Å². The second-order valence-electron chi connectivity index (χ2n) is 4.49. The van der Waals surface area contributed by atoms with Crippen molar-refractivity contribution >= 4 is 11.8 Å².